The highest BCUT2D eigenvalue weighted by Gasteiger charge is 1.98. The molecule has 0 amide bonds. The van der Waals surface area contributed by atoms with Crippen LogP contribution in [0.25, 0.3) is 0 Å². The maximum absolute atomic E-state index is 12.5. The number of anilines is 1. The van der Waals surface area contributed by atoms with Gasteiger partial charge in [-0.3, -0.25) is 0 Å². The third-order valence-corrected chi connectivity index (χ3v) is 2.78. The van der Waals surface area contributed by atoms with Crippen LogP contribution in [0.1, 0.15) is 9.88 Å². The third-order valence-electron chi connectivity index (χ3n) is 1.86. The standard InChI is InChI=1S/C10H10FN3S/c1-7-12-5-9(15-7)6-13-8-2-3-10(11)14-4-8/h2-5,13H,6H2,1H3. The molecule has 0 saturated carbocycles. The molecule has 2 heterocycles. The SMILES string of the molecule is Cc1ncc(CNc2ccc(F)nc2)s1. The second-order valence-electron chi connectivity index (χ2n) is 3.07. The van der Waals surface area contributed by atoms with Gasteiger partial charge >= 0.3 is 0 Å². The van der Waals surface area contributed by atoms with Crippen LogP contribution in [0.15, 0.2) is 24.5 Å². The largest absolute Gasteiger partial charge is 0.379 e. The molecule has 2 aromatic rings. The Morgan fingerprint density at radius 1 is 1.33 bits per heavy atom. The highest BCUT2D eigenvalue weighted by atomic mass is 32.1. The Balaban J connectivity index is 1.96. The molecule has 2 aromatic heterocycles. The highest BCUT2D eigenvalue weighted by Crippen LogP contribution is 2.13. The van der Waals surface area contributed by atoms with E-state index in [1.54, 1.807) is 17.4 Å². The van der Waals surface area contributed by atoms with Crippen LogP contribution in [0.3, 0.4) is 0 Å². The fourth-order valence-corrected chi connectivity index (χ4v) is 1.89. The van der Waals surface area contributed by atoms with Gasteiger partial charge in [-0.1, -0.05) is 0 Å². The van der Waals surface area contributed by atoms with E-state index >= 15 is 0 Å². The number of rotatable bonds is 3. The molecule has 0 aliphatic heterocycles. The lowest BCUT2D eigenvalue weighted by molar-refractivity contribution is 0.584. The van der Waals surface area contributed by atoms with Gasteiger partial charge in [-0.15, -0.1) is 11.3 Å². The predicted molar refractivity (Wildman–Crippen MR) is 58.4 cm³/mol. The van der Waals surface area contributed by atoms with Gasteiger partial charge in [0, 0.05) is 11.1 Å². The summed E-state index contributed by atoms with van der Waals surface area (Å²) < 4.78 is 12.5. The predicted octanol–water partition coefficient (Wildman–Crippen LogP) is 2.60. The van der Waals surface area contributed by atoms with Crippen LogP contribution in [0.2, 0.25) is 0 Å². The summed E-state index contributed by atoms with van der Waals surface area (Å²) in [6.45, 7) is 2.66. The van der Waals surface area contributed by atoms with Gasteiger partial charge in [0.1, 0.15) is 0 Å². The van der Waals surface area contributed by atoms with Gasteiger partial charge in [-0.2, -0.15) is 4.39 Å². The van der Waals surface area contributed by atoms with Crippen molar-refractivity contribution in [3.05, 3.63) is 40.4 Å². The van der Waals surface area contributed by atoms with Crippen LogP contribution in [0.5, 0.6) is 0 Å². The molecule has 1 N–H and O–H groups in total. The number of halogens is 1. The van der Waals surface area contributed by atoms with E-state index in [9.17, 15) is 4.39 Å². The van der Waals surface area contributed by atoms with Crippen molar-refractivity contribution in [3.63, 3.8) is 0 Å². The zero-order chi connectivity index (χ0) is 10.7. The number of hydrogen-bond donors (Lipinski definition) is 1. The number of nitrogens with one attached hydrogen (secondary N) is 1. The molecule has 0 bridgehead atoms. The van der Waals surface area contributed by atoms with E-state index < -0.39 is 5.95 Å². The number of pyridine rings is 1. The lowest BCUT2D eigenvalue weighted by atomic mass is 10.4. The van der Waals surface area contributed by atoms with Crippen molar-refractivity contribution in [3.8, 4) is 0 Å². The maximum atomic E-state index is 12.5. The fraction of sp³-hybridized carbons (Fsp3) is 0.200. The van der Waals surface area contributed by atoms with Crippen LogP contribution < -0.4 is 5.32 Å². The molecule has 2 rings (SSSR count). The molecule has 0 aliphatic rings. The van der Waals surface area contributed by atoms with Gasteiger partial charge in [0.15, 0.2) is 0 Å². The van der Waals surface area contributed by atoms with E-state index in [1.165, 1.54) is 12.3 Å². The molecule has 15 heavy (non-hydrogen) atoms. The summed E-state index contributed by atoms with van der Waals surface area (Å²) in [5, 5.41) is 4.19. The van der Waals surface area contributed by atoms with Crippen LogP contribution in [-0.4, -0.2) is 9.97 Å². The topological polar surface area (TPSA) is 37.8 Å². The number of thiazole rings is 1. The molecule has 0 radical (unpaired) electrons. The van der Waals surface area contributed by atoms with Gasteiger partial charge in [0.05, 0.1) is 23.4 Å². The van der Waals surface area contributed by atoms with Crippen LogP contribution in [0, 0.1) is 12.9 Å². The number of hydrogen-bond acceptors (Lipinski definition) is 4. The zero-order valence-electron chi connectivity index (χ0n) is 8.20. The summed E-state index contributed by atoms with van der Waals surface area (Å²) in [6, 6.07) is 3.00. The second kappa shape index (κ2) is 4.35. The van der Waals surface area contributed by atoms with Gasteiger partial charge in [-0.25, -0.2) is 9.97 Å². The number of aromatic nitrogens is 2. The average molecular weight is 223 g/mol. The van der Waals surface area contributed by atoms with Crippen molar-refractivity contribution in [2.75, 3.05) is 5.32 Å². The van der Waals surface area contributed by atoms with Gasteiger partial charge in [0.25, 0.3) is 0 Å². The molecule has 5 heteroatoms. The molecule has 0 spiro atoms. The van der Waals surface area contributed by atoms with E-state index in [4.69, 9.17) is 0 Å². The molecular formula is C10H10FN3S. The van der Waals surface area contributed by atoms with Crippen molar-refractivity contribution in [2.45, 2.75) is 13.5 Å². The minimum Gasteiger partial charge on any atom is -0.379 e. The van der Waals surface area contributed by atoms with E-state index in [1.807, 2.05) is 13.1 Å². The maximum Gasteiger partial charge on any atom is 0.212 e. The first-order valence-electron chi connectivity index (χ1n) is 4.51. The van der Waals surface area contributed by atoms with Gasteiger partial charge in [-0.05, 0) is 19.1 Å². The summed E-state index contributed by atoms with van der Waals surface area (Å²) in [4.78, 5) is 8.85. The van der Waals surface area contributed by atoms with E-state index in [0.29, 0.717) is 6.54 Å². The lowest BCUT2D eigenvalue weighted by Gasteiger charge is -2.02. The first-order valence-corrected chi connectivity index (χ1v) is 5.32. The summed E-state index contributed by atoms with van der Waals surface area (Å²) in [5.41, 5.74) is 0.808. The molecular weight excluding hydrogens is 213 g/mol. The smallest absolute Gasteiger partial charge is 0.212 e. The molecule has 3 nitrogen and oxygen atoms in total. The highest BCUT2D eigenvalue weighted by molar-refractivity contribution is 7.11. The Morgan fingerprint density at radius 3 is 2.80 bits per heavy atom. The summed E-state index contributed by atoms with van der Waals surface area (Å²) in [6.07, 6.45) is 3.31. The summed E-state index contributed by atoms with van der Waals surface area (Å²) >= 11 is 1.64. The van der Waals surface area contributed by atoms with E-state index in [0.717, 1.165) is 15.6 Å². The molecule has 0 saturated heterocycles. The van der Waals surface area contributed by atoms with Crippen molar-refractivity contribution in [1.82, 2.24) is 9.97 Å². The second-order valence-corrected chi connectivity index (χ2v) is 4.39. The minimum absolute atomic E-state index is 0.464. The molecule has 0 aliphatic carbocycles. The van der Waals surface area contributed by atoms with E-state index in [-0.39, 0.29) is 0 Å². The Bertz CT molecular complexity index is 438. The Kier molecular flexibility index (Phi) is 2.91. The van der Waals surface area contributed by atoms with Crippen molar-refractivity contribution in [1.29, 1.82) is 0 Å². The van der Waals surface area contributed by atoms with Gasteiger partial charge in [0.2, 0.25) is 5.95 Å². The average Bonchev–Trinajstić information content (AvgIpc) is 2.64. The van der Waals surface area contributed by atoms with Crippen molar-refractivity contribution < 1.29 is 4.39 Å². The van der Waals surface area contributed by atoms with Crippen LogP contribution in [-0.2, 0) is 6.54 Å². The van der Waals surface area contributed by atoms with Crippen LogP contribution >= 0.6 is 11.3 Å². The zero-order valence-corrected chi connectivity index (χ0v) is 9.01. The normalized spacial score (nSPS) is 10.3. The minimum atomic E-state index is -0.464. The summed E-state index contributed by atoms with van der Waals surface area (Å²) in [7, 11) is 0. The quantitative estimate of drug-likeness (QED) is 0.813. The fourth-order valence-electron chi connectivity index (χ4n) is 1.16. The van der Waals surface area contributed by atoms with Crippen LogP contribution in [0.4, 0.5) is 10.1 Å². The van der Waals surface area contributed by atoms with Gasteiger partial charge < -0.3 is 5.32 Å². The van der Waals surface area contributed by atoms with Crippen molar-refractivity contribution in [2.24, 2.45) is 0 Å². The Morgan fingerprint density at radius 2 is 2.20 bits per heavy atom. The lowest BCUT2D eigenvalue weighted by Crippen LogP contribution is -1.98. The first kappa shape index (κ1) is 10.0. The van der Waals surface area contributed by atoms with E-state index in [2.05, 4.69) is 15.3 Å². The third kappa shape index (κ3) is 2.73. The molecule has 0 atom stereocenters. The van der Waals surface area contributed by atoms with Crippen molar-refractivity contribution >= 4 is 17.0 Å². The first-order chi connectivity index (χ1) is 7.24. The molecule has 0 unspecified atom stereocenters. The Labute approximate surface area is 91.0 Å². The molecule has 78 valence electrons. The molecule has 0 fully saturated rings. The monoisotopic (exact) mass is 223 g/mol. The Hall–Kier alpha value is -1.49. The molecule has 0 aromatic carbocycles. The number of nitrogens with zero attached hydrogens (tertiary/aromatic N) is 2. The summed E-state index contributed by atoms with van der Waals surface area (Å²) in [5.74, 6) is -0.464. The number of aryl methyl sites for hydroxylation is 1.